The molecule has 1 atom stereocenters. The van der Waals surface area contributed by atoms with Crippen molar-refractivity contribution < 1.29 is 31.9 Å². The number of rotatable bonds is 7. The van der Waals surface area contributed by atoms with E-state index < -0.39 is 22.2 Å². The van der Waals surface area contributed by atoms with Crippen LogP contribution >= 0.6 is 0 Å². The highest BCUT2D eigenvalue weighted by Crippen LogP contribution is 2.28. The maximum absolute atomic E-state index is 14.1. The Kier molecular flexibility index (Phi) is 7.49. The summed E-state index contributed by atoms with van der Waals surface area (Å²) < 4.78 is 52.9. The number of aliphatic hydroxyl groups excluding tert-OH is 1. The van der Waals surface area contributed by atoms with Gasteiger partial charge in [-0.25, -0.2) is 9.11 Å². The van der Waals surface area contributed by atoms with Crippen LogP contribution in [0.15, 0.2) is 22.8 Å². The Morgan fingerprint density at radius 2 is 2.12 bits per heavy atom. The zero-order chi connectivity index (χ0) is 23.5. The predicted molar refractivity (Wildman–Crippen MR) is 114 cm³/mol. The number of benzene rings is 1. The van der Waals surface area contributed by atoms with Gasteiger partial charge in [0.2, 0.25) is 0 Å². The maximum atomic E-state index is 14.1. The number of hydrogen-bond donors (Lipinski definition) is 3. The summed E-state index contributed by atoms with van der Waals surface area (Å²) in [6.07, 6.45) is 0.892. The summed E-state index contributed by atoms with van der Waals surface area (Å²) in [5.74, 6) is -1.31. The lowest BCUT2D eigenvalue weighted by Crippen LogP contribution is -2.44. The van der Waals surface area contributed by atoms with Crippen LogP contribution in [0.4, 0.5) is 16.1 Å². The summed E-state index contributed by atoms with van der Waals surface area (Å²) in [6.45, 7) is 5.49. The van der Waals surface area contributed by atoms with Crippen LogP contribution in [0.2, 0.25) is 0 Å². The molecule has 10 nitrogen and oxygen atoms in total. The van der Waals surface area contributed by atoms with E-state index in [1.54, 1.807) is 13.0 Å². The zero-order valence-corrected chi connectivity index (χ0v) is 18.9. The Bertz CT molecular complexity index is 1070. The summed E-state index contributed by atoms with van der Waals surface area (Å²) in [5, 5.41) is 12.1. The standard InChI is InChI=1S/C20H27FN4O6S/c1-12(2)15-9-17(13(3)8-16(15)21)22-20-23-18(11-31-20)19(27)24-32(28,29)25-5-4-14(10-26)30-7-6-25/h8-9,11-12,14,26H,4-7,10H2,1-3H3,(H,22,23)(H,24,27). The van der Waals surface area contributed by atoms with Gasteiger partial charge in [0, 0.05) is 18.8 Å². The third-order valence-electron chi connectivity index (χ3n) is 5.10. The van der Waals surface area contributed by atoms with Gasteiger partial charge in [0.1, 0.15) is 12.1 Å². The number of oxazole rings is 1. The number of aliphatic hydroxyl groups is 1. The number of nitrogens with one attached hydrogen (secondary N) is 2. The number of hydrogen-bond acceptors (Lipinski definition) is 8. The van der Waals surface area contributed by atoms with E-state index in [9.17, 15) is 22.7 Å². The molecule has 0 aliphatic carbocycles. The number of aromatic nitrogens is 1. The molecule has 1 aliphatic heterocycles. The highest BCUT2D eigenvalue weighted by atomic mass is 32.2. The van der Waals surface area contributed by atoms with Crippen LogP contribution in [0.1, 0.15) is 47.8 Å². The molecule has 0 spiro atoms. The van der Waals surface area contributed by atoms with Crippen LogP contribution in [-0.4, -0.2) is 61.1 Å². The molecule has 0 radical (unpaired) electrons. The van der Waals surface area contributed by atoms with Gasteiger partial charge in [0.25, 0.3) is 11.9 Å². The number of anilines is 2. The molecule has 1 aliphatic rings. The third-order valence-corrected chi connectivity index (χ3v) is 6.59. The lowest BCUT2D eigenvalue weighted by Gasteiger charge is -2.19. The van der Waals surface area contributed by atoms with Gasteiger partial charge < -0.3 is 19.6 Å². The normalized spacial score (nSPS) is 17.9. The van der Waals surface area contributed by atoms with E-state index >= 15 is 0 Å². The van der Waals surface area contributed by atoms with E-state index in [2.05, 4.69) is 10.3 Å². The lowest BCUT2D eigenvalue weighted by atomic mass is 10.00. The van der Waals surface area contributed by atoms with Crippen molar-refractivity contribution in [1.29, 1.82) is 0 Å². The number of carbonyl (C=O) groups excluding carboxylic acids is 1. The van der Waals surface area contributed by atoms with Gasteiger partial charge in [-0.2, -0.15) is 17.7 Å². The van der Waals surface area contributed by atoms with Gasteiger partial charge in [0.15, 0.2) is 5.69 Å². The van der Waals surface area contributed by atoms with E-state index in [0.717, 1.165) is 10.6 Å². The van der Waals surface area contributed by atoms with Crippen LogP contribution in [0.3, 0.4) is 0 Å². The number of amides is 1. The van der Waals surface area contributed by atoms with Crippen LogP contribution in [-0.2, 0) is 14.9 Å². The fraction of sp³-hybridized carbons (Fsp3) is 0.500. The first kappa shape index (κ1) is 24.1. The largest absolute Gasteiger partial charge is 0.431 e. The summed E-state index contributed by atoms with van der Waals surface area (Å²) in [4.78, 5) is 16.4. The molecular formula is C20H27FN4O6S. The van der Waals surface area contributed by atoms with Gasteiger partial charge in [-0.1, -0.05) is 13.8 Å². The molecule has 0 saturated carbocycles. The Balaban J connectivity index is 1.69. The first-order chi connectivity index (χ1) is 15.1. The maximum Gasteiger partial charge on any atom is 0.304 e. The van der Waals surface area contributed by atoms with Crippen molar-refractivity contribution in [3.8, 4) is 0 Å². The molecule has 3 N–H and O–H groups in total. The third kappa shape index (κ3) is 5.63. The molecule has 1 fully saturated rings. The monoisotopic (exact) mass is 470 g/mol. The quantitative estimate of drug-likeness (QED) is 0.560. The van der Waals surface area contributed by atoms with Gasteiger partial charge in [-0.3, -0.25) is 4.79 Å². The van der Waals surface area contributed by atoms with E-state index in [0.29, 0.717) is 23.2 Å². The van der Waals surface area contributed by atoms with E-state index in [4.69, 9.17) is 9.15 Å². The molecule has 1 amide bonds. The molecule has 1 aromatic heterocycles. The molecule has 32 heavy (non-hydrogen) atoms. The van der Waals surface area contributed by atoms with Crippen molar-refractivity contribution in [2.75, 3.05) is 31.6 Å². The van der Waals surface area contributed by atoms with E-state index in [1.165, 1.54) is 6.07 Å². The molecule has 176 valence electrons. The Morgan fingerprint density at radius 3 is 2.81 bits per heavy atom. The van der Waals surface area contributed by atoms with Crippen molar-refractivity contribution in [2.45, 2.75) is 39.2 Å². The number of ether oxygens (including phenoxy) is 1. The average molecular weight is 471 g/mol. The first-order valence-corrected chi connectivity index (χ1v) is 11.6. The topological polar surface area (TPSA) is 134 Å². The lowest BCUT2D eigenvalue weighted by molar-refractivity contribution is 0.0215. The van der Waals surface area contributed by atoms with Crippen LogP contribution < -0.4 is 10.0 Å². The van der Waals surface area contributed by atoms with Crippen molar-refractivity contribution in [2.24, 2.45) is 0 Å². The fourth-order valence-corrected chi connectivity index (χ4v) is 4.37. The van der Waals surface area contributed by atoms with E-state index in [1.807, 2.05) is 18.6 Å². The number of nitrogens with zero attached hydrogens (tertiary/aromatic N) is 2. The van der Waals surface area contributed by atoms with Gasteiger partial charge in [-0.05, 0) is 42.5 Å². The molecule has 1 unspecified atom stereocenters. The fourth-order valence-electron chi connectivity index (χ4n) is 3.24. The van der Waals surface area contributed by atoms with Gasteiger partial charge in [-0.15, -0.1) is 0 Å². The van der Waals surface area contributed by atoms with Gasteiger partial charge in [0.05, 0.1) is 19.3 Å². The minimum absolute atomic E-state index is 0.0362. The molecule has 1 saturated heterocycles. The Morgan fingerprint density at radius 1 is 1.38 bits per heavy atom. The smallest absolute Gasteiger partial charge is 0.304 e. The number of halogens is 1. The van der Waals surface area contributed by atoms with Crippen molar-refractivity contribution in [1.82, 2.24) is 14.0 Å². The number of aryl methyl sites for hydroxylation is 1. The highest BCUT2D eigenvalue weighted by Gasteiger charge is 2.29. The summed E-state index contributed by atoms with van der Waals surface area (Å²) in [5.41, 5.74) is 1.44. The van der Waals surface area contributed by atoms with Crippen molar-refractivity contribution in [3.63, 3.8) is 0 Å². The van der Waals surface area contributed by atoms with Crippen LogP contribution in [0.5, 0.6) is 0 Å². The molecule has 12 heteroatoms. The second-order valence-electron chi connectivity index (χ2n) is 7.81. The highest BCUT2D eigenvalue weighted by molar-refractivity contribution is 7.87. The summed E-state index contributed by atoms with van der Waals surface area (Å²) in [6, 6.07) is 3.00. The van der Waals surface area contributed by atoms with Crippen LogP contribution in [0, 0.1) is 12.7 Å². The summed E-state index contributed by atoms with van der Waals surface area (Å²) in [7, 11) is -4.13. The van der Waals surface area contributed by atoms with Gasteiger partial charge >= 0.3 is 10.2 Å². The Labute approximate surface area is 186 Å². The second-order valence-corrected chi connectivity index (χ2v) is 9.48. The van der Waals surface area contributed by atoms with Crippen molar-refractivity contribution in [3.05, 3.63) is 41.0 Å². The van der Waals surface area contributed by atoms with Crippen LogP contribution in [0.25, 0.3) is 0 Å². The molecule has 0 bridgehead atoms. The minimum atomic E-state index is -4.13. The first-order valence-electron chi connectivity index (χ1n) is 10.2. The zero-order valence-electron chi connectivity index (χ0n) is 18.1. The molecule has 2 heterocycles. The van der Waals surface area contributed by atoms with E-state index in [-0.39, 0.29) is 49.7 Å². The molecule has 1 aromatic carbocycles. The predicted octanol–water partition coefficient (Wildman–Crippen LogP) is 2.05. The molecular weight excluding hydrogens is 443 g/mol. The minimum Gasteiger partial charge on any atom is -0.431 e. The SMILES string of the molecule is Cc1cc(F)c(C(C)C)cc1Nc1nc(C(=O)NS(=O)(=O)N2CCOC(CO)CC2)co1. The second kappa shape index (κ2) is 9.94. The molecule has 2 aromatic rings. The average Bonchev–Trinajstić information content (AvgIpc) is 3.04. The number of carbonyl (C=O) groups is 1. The summed E-state index contributed by atoms with van der Waals surface area (Å²) >= 11 is 0. The Hall–Kier alpha value is -2.54. The van der Waals surface area contributed by atoms with Crippen molar-refractivity contribution >= 4 is 27.8 Å². The molecule has 3 rings (SSSR count).